The summed E-state index contributed by atoms with van der Waals surface area (Å²) in [5, 5.41) is 4.80. The van der Waals surface area contributed by atoms with E-state index in [9.17, 15) is 4.79 Å². The summed E-state index contributed by atoms with van der Waals surface area (Å²) in [6.07, 6.45) is 3.31. The number of piperidine rings is 1. The molecule has 0 spiro atoms. The molecule has 1 amide bonds. The fourth-order valence-corrected chi connectivity index (χ4v) is 3.91. The lowest BCUT2D eigenvalue weighted by Gasteiger charge is -2.26. The summed E-state index contributed by atoms with van der Waals surface area (Å²) < 4.78 is 1.84. The van der Waals surface area contributed by atoms with Crippen molar-refractivity contribution in [2.75, 3.05) is 13.1 Å². The molecule has 5 rings (SSSR count). The number of hydrogen-bond acceptors (Lipinski definition) is 3. The maximum Gasteiger partial charge on any atom is 0.272 e. The van der Waals surface area contributed by atoms with Crippen LogP contribution in [0.25, 0.3) is 28.2 Å². The largest absolute Gasteiger partial charge is 0.337 e. The lowest BCUT2D eigenvalue weighted by molar-refractivity contribution is 0.0718. The van der Waals surface area contributed by atoms with E-state index in [0.29, 0.717) is 11.3 Å². The van der Waals surface area contributed by atoms with Crippen molar-refractivity contribution in [3.8, 4) is 22.5 Å². The third-order valence-electron chi connectivity index (χ3n) is 5.43. The third kappa shape index (κ3) is 3.40. The number of carbonyl (C=O) groups is 1. The highest BCUT2D eigenvalue weighted by Crippen LogP contribution is 2.26. The number of benzene rings is 2. The van der Waals surface area contributed by atoms with Crippen molar-refractivity contribution in [2.24, 2.45) is 0 Å². The summed E-state index contributed by atoms with van der Waals surface area (Å²) in [7, 11) is 0. The Kier molecular flexibility index (Phi) is 4.56. The highest BCUT2D eigenvalue weighted by atomic mass is 16.2. The van der Waals surface area contributed by atoms with Crippen molar-refractivity contribution < 1.29 is 4.79 Å². The van der Waals surface area contributed by atoms with E-state index in [0.717, 1.165) is 48.4 Å². The molecule has 3 heterocycles. The molecule has 5 heteroatoms. The first-order chi connectivity index (χ1) is 14.3. The minimum Gasteiger partial charge on any atom is -0.337 e. The molecule has 1 aliphatic rings. The van der Waals surface area contributed by atoms with E-state index < -0.39 is 0 Å². The summed E-state index contributed by atoms with van der Waals surface area (Å²) in [6.45, 7) is 1.61. The normalized spacial score (nSPS) is 14.3. The van der Waals surface area contributed by atoms with E-state index in [4.69, 9.17) is 10.1 Å². The van der Waals surface area contributed by atoms with Gasteiger partial charge in [-0.15, -0.1) is 0 Å². The number of aromatic nitrogens is 3. The van der Waals surface area contributed by atoms with Gasteiger partial charge in [-0.3, -0.25) is 4.79 Å². The summed E-state index contributed by atoms with van der Waals surface area (Å²) in [5.74, 6) is 0.00634. The summed E-state index contributed by atoms with van der Waals surface area (Å²) in [4.78, 5) is 19.8. The molecule has 1 fully saturated rings. The van der Waals surface area contributed by atoms with Crippen molar-refractivity contribution in [1.29, 1.82) is 0 Å². The zero-order chi connectivity index (χ0) is 19.6. The second kappa shape index (κ2) is 7.51. The van der Waals surface area contributed by atoms with Crippen LogP contribution in [0.5, 0.6) is 0 Å². The molecule has 0 unspecified atom stereocenters. The van der Waals surface area contributed by atoms with Gasteiger partial charge >= 0.3 is 0 Å². The average Bonchev–Trinajstić information content (AvgIpc) is 3.24. The lowest BCUT2D eigenvalue weighted by Crippen LogP contribution is -2.36. The van der Waals surface area contributed by atoms with E-state index in [1.807, 2.05) is 82.2 Å². The molecule has 4 aromatic rings. The van der Waals surface area contributed by atoms with Crippen LogP contribution in [0.2, 0.25) is 0 Å². The van der Waals surface area contributed by atoms with Crippen LogP contribution >= 0.6 is 0 Å². The van der Waals surface area contributed by atoms with Gasteiger partial charge in [-0.05, 0) is 25.3 Å². The number of nitrogens with zero attached hydrogens (tertiary/aromatic N) is 4. The maximum absolute atomic E-state index is 13.1. The van der Waals surface area contributed by atoms with Gasteiger partial charge in [-0.1, -0.05) is 60.7 Å². The molecule has 144 valence electrons. The number of amides is 1. The molecule has 0 N–H and O–H groups in total. The first-order valence-electron chi connectivity index (χ1n) is 10.1. The highest BCUT2D eigenvalue weighted by molar-refractivity contribution is 5.94. The molecule has 0 saturated carbocycles. The van der Waals surface area contributed by atoms with Crippen LogP contribution in [-0.4, -0.2) is 38.5 Å². The van der Waals surface area contributed by atoms with Crippen LogP contribution < -0.4 is 0 Å². The summed E-state index contributed by atoms with van der Waals surface area (Å²) in [5.41, 5.74) is 4.93. The summed E-state index contributed by atoms with van der Waals surface area (Å²) >= 11 is 0. The van der Waals surface area contributed by atoms with E-state index >= 15 is 0 Å². The third-order valence-corrected chi connectivity index (χ3v) is 5.43. The van der Waals surface area contributed by atoms with Gasteiger partial charge in [0.05, 0.1) is 11.4 Å². The van der Waals surface area contributed by atoms with Gasteiger partial charge in [-0.25, -0.2) is 9.50 Å². The smallest absolute Gasteiger partial charge is 0.272 e. The molecule has 0 aliphatic carbocycles. The molecule has 0 radical (unpaired) electrons. The van der Waals surface area contributed by atoms with Crippen LogP contribution in [0.15, 0.2) is 72.8 Å². The zero-order valence-electron chi connectivity index (χ0n) is 16.2. The van der Waals surface area contributed by atoms with Crippen molar-refractivity contribution in [3.05, 3.63) is 78.5 Å². The fourth-order valence-electron chi connectivity index (χ4n) is 3.91. The minimum atomic E-state index is 0.00634. The van der Waals surface area contributed by atoms with Crippen molar-refractivity contribution in [1.82, 2.24) is 19.5 Å². The first-order valence-corrected chi connectivity index (χ1v) is 10.1. The Labute approximate surface area is 169 Å². The van der Waals surface area contributed by atoms with Crippen LogP contribution in [0.4, 0.5) is 0 Å². The van der Waals surface area contributed by atoms with Crippen LogP contribution in [-0.2, 0) is 0 Å². The molecule has 0 atom stereocenters. The molecule has 2 aromatic heterocycles. The van der Waals surface area contributed by atoms with E-state index in [1.165, 1.54) is 6.42 Å². The Balaban J connectivity index is 1.66. The minimum absolute atomic E-state index is 0.00634. The first kappa shape index (κ1) is 17.6. The van der Waals surface area contributed by atoms with E-state index in [1.54, 1.807) is 0 Å². The van der Waals surface area contributed by atoms with Gasteiger partial charge in [0.2, 0.25) is 0 Å². The zero-order valence-corrected chi connectivity index (χ0v) is 16.2. The van der Waals surface area contributed by atoms with E-state index in [-0.39, 0.29) is 5.91 Å². The molecule has 29 heavy (non-hydrogen) atoms. The maximum atomic E-state index is 13.1. The Morgan fingerprint density at radius 3 is 2.14 bits per heavy atom. The van der Waals surface area contributed by atoms with Crippen LogP contribution in [0.3, 0.4) is 0 Å². The SMILES string of the molecule is O=C(c1cc(-c2ccccc2)n2nc(-c3ccccc3)cc2n1)N1CCCCC1. The van der Waals surface area contributed by atoms with Crippen molar-refractivity contribution in [2.45, 2.75) is 19.3 Å². The molecule has 2 aromatic carbocycles. The summed E-state index contributed by atoms with van der Waals surface area (Å²) in [6, 6.07) is 23.9. The molecular formula is C24H22N4O. The topological polar surface area (TPSA) is 50.5 Å². The lowest BCUT2D eigenvalue weighted by atomic mass is 10.1. The van der Waals surface area contributed by atoms with Crippen molar-refractivity contribution >= 4 is 11.6 Å². The standard InChI is InChI=1S/C24H22N4O/c29-24(27-14-8-3-9-15-27)21-16-22(19-12-6-2-7-13-19)28-23(25-21)17-20(26-28)18-10-4-1-5-11-18/h1-2,4-7,10-13,16-17H,3,8-9,14-15H2. The molecule has 0 bridgehead atoms. The fraction of sp³-hybridized carbons (Fsp3) is 0.208. The van der Waals surface area contributed by atoms with Gasteiger partial charge in [-0.2, -0.15) is 5.10 Å². The number of rotatable bonds is 3. The second-order valence-electron chi connectivity index (χ2n) is 7.41. The molecule has 1 aliphatic heterocycles. The van der Waals surface area contributed by atoms with Gasteiger partial charge < -0.3 is 4.90 Å². The molecule has 5 nitrogen and oxygen atoms in total. The Bertz CT molecular complexity index is 1150. The quantitative estimate of drug-likeness (QED) is 0.516. The number of likely N-dealkylation sites (tertiary alicyclic amines) is 1. The number of carbonyl (C=O) groups excluding carboxylic acids is 1. The monoisotopic (exact) mass is 382 g/mol. The number of fused-ring (bicyclic) bond motifs is 1. The van der Waals surface area contributed by atoms with Gasteiger partial charge in [0.25, 0.3) is 5.91 Å². The predicted molar refractivity (Wildman–Crippen MR) is 114 cm³/mol. The number of hydrogen-bond donors (Lipinski definition) is 0. The van der Waals surface area contributed by atoms with Gasteiger partial charge in [0, 0.05) is 30.3 Å². The van der Waals surface area contributed by atoms with Crippen molar-refractivity contribution in [3.63, 3.8) is 0 Å². The Hall–Kier alpha value is -3.47. The second-order valence-corrected chi connectivity index (χ2v) is 7.41. The van der Waals surface area contributed by atoms with Gasteiger partial charge in [0.15, 0.2) is 5.65 Å². The predicted octanol–water partition coefficient (Wildman–Crippen LogP) is 4.69. The van der Waals surface area contributed by atoms with Crippen LogP contribution in [0.1, 0.15) is 29.8 Å². The van der Waals surface area contributed by atoms with E-state index in [2.05, 4.69) is 0 Å². The average molecular weight is 382 g/mol. The van der Waals surface area contributed by atoms with Crippen LogP contribution in [0, 0.1) is 0 Å². The highest BCUT2D eigenvalue weighted by Gasteiger charge is 2.22. The Morgan fingerprint density at radius 1 is 0.793 bits per heavy atom. The Morgan fingerprint density at radius 2 is 1.45 bits per heavy atom. The molecular weight excluding hydrogens is 360 g/mol. The molecule has 1 saturated heterocycles. The van der Waals surface area contributed by atoms with Gasteiger partial charge in [0.1, 0.15) is 5.69 Å².